The number of rotatable bonds is 2. The van der Waals surface area contributed by atoms with Gasteiger partial charge in [0.1, 0.15) is 6.29 Å². The smallest absolute Gasteiger partial charge is 0.134 e. The van der Waals surface area contributed by atoms with Crippen LogP contribution in [0.25, 0.3) is 0 Å². The van der Waals surface area contributed by atoms with Gasteiger partial charge < -0.3 is 4.79 Å². The Hall–Kier alpha value is -1.63. The van der Waals surface area contributed by atoms with Crippen molar-refractivity contribution in [3.8, 4) is 0 Å². The van der Waals surface area contributed by atoms with E-state index in [0.717, 1.165) is 18.3 Å². The van der Waals surface area contributed by atoms with Crippen LogP contribution in [0, 0.1) is 0 Å². The van der Waals surface area contributed by atoms with Crippen molar-refractivity contribution in [2.75, 3.05) is 0 Å². The van der Waals surface area contributed by atoms with Gasteiger partial charge in [0.25, 0.3) is 0 Å². The highest BCUT2D eigenvalue weighted by Gasteiger charge is 2.28. The lowest BCUT2D eigenvalue weighted by Crippen LogP contribution is -2.25. The number of carbonyl (C=O) groups is 1. The summed E-state index contributed by atoms with van der Waals surface area (Å²) in [4.78, 5) is 11.2. The second-order valence-electron chi connectivity index (χ2n) is 3.52. The molecular formula is C13H12O. The lowest BCUT2D eigenvalue weighted by Gasteiger charge is -2.25. The van der Waals surface area contributed by atoms with Gasteiger partial charge in [0.05, 0.1) is 5.41 Å². The quantitative estimate of drug-likeness (QED) is 0.646. The Balaban J connectivity index is 2.44. The summed E-state index contributed by atoms with van der Waals surface area (Å²) in [5.74, 6) is 0. The molecule has 0 amide bonds. The third-order valence-corrected chi connectivity index (χ3v) is 2.62. The average molecular weight is 184 g/mol. The zero-order valence-electron chi connectivity index (χ0n) is 7.89. The minimum atomic E-state index is -0.435. The molecule has 1 heteroatoms. The van der Waals surface area contributed by atoms with Gasteiger partial charge >= 0.3 is 0 Å². The Kier molecular flexibility index (Phi) is 2.32. The van der Waals surface area contributed by atoms with Crippen molar-refractivity contribution >= 4 is 6.29 Å². The lowest BCUT2D eigenvalue weighted by molar-refractivity contribution is -0.111. The molecule has 0 spiro atoms. The van der Waals surface area contributed by atoms with E-state index in [1.54, 1.807) is 0 Å². The first-order valence-electron chi connectivity index (χ1n) is 4.74. The first-order valence-corrected chi connectivity index (χ1v) is 4.74. The van der Waals surface area contributed by atoms with Crippen molar-refractivity contribution < 1.29 is 4.79 Å². The van der Waals surface area contributed by atoms with Gasteiger partial charge in [-0.2, -0.15) is 0 Å². The summed E-state index contributed by atoms with van der Waals surface area (Å²) in [7, 11) is 0. The van der Waals surface area contributed by atoms with Crippen molar-refractivity contribution in [2.24, 2.45) is 0 Å². The molecule has 1 nitrogen and oxygen atoms in total. The molecule has 0 aliphatic heterocycles. The predicted octanol–water partition coefficient (Wildman–Crippen LogP) is 2.64. The van der Waals surface area contributed by atoms with E-state index in [1.165, 1.54) is 0 Å². The number of carbonyl (C=O) groups excluding carboxylic acids is 1. The monoisotopic (exact) mass is 184 g/mol. The van der Waals surface area contributed by atoms with Crippen LogP contribution < -0.4 is 0 Å². The summed E-state index contributed by atoms with van der Waals surface area (Å²) in [6.45, 7) is 0. The minimum absolute atomic E-state index is 0.435. The molecule has 0 heterocycles. The highest BCUT2D eigenvalue weighted by molar-refractivity contribution is 5.73. The summed E-state index contributed by atoms with van der Waals surface area (Å²) in [6, 6.07) is 9.89. The van der Waals surface area contributed by atoms with Crippen LogP contribution in [0.1, 0.15) is 12.0 Å². The molecule has 1 atom stereocenters. The number of allylic oxidation sites excluding steroid dienone is 4. The van der Waals surface area contributed by atoms with Crippen LogP contribution in [-0.2, 0) is 10.2 Å². The number of aldehydes is 1. The van der Waals surface area contributed by atoms with E-state index in [0.29, 0.717) is 0 Å². The van der Waals surface area contributed by atoms with Crippen LogP contribution in [0.3, 0.4) is 0 Å². The zero-order chi connectivity index (χ0) is 9.86. The number of benzene rings is 1. The average Bonchev–Trinajstić information content (AvgIpc) is 2.31. The van der Waals surface area contributed by atoms with Gasteiger partial charge in [-0.3, -0.25) is 0 Å². The molecule has 0 bridgehead atoms. The lowest BCUT2D eigenvalue weighted by atomic mass is 9.77. The van der Waals surface area contributed by atoms with Crippen LogP contribution in [0.5, 0.6) is 0 Å². The first-order chi connectivity index (χ1) is 6.87. The van der Waals surface area contributed by atoms with Crippen molar-refractivity contribution in [2.45, 2.75) is 11.8 Å². The van der Waals surface area contributed by atoms with Crippen LogP contribution in [0.4, 0.5) is 0 Å². The van der Waals surface area contributed by atoms with E-state index in [-0.39, 0.29) is 0 Å². The van der Waals surface area contributed by atoms with Crippen LogP contribution in [0.2, 0.25) is 0 Å². The normalized spacial score (nSPS) is 24.9. The number of hydrogen-bond donors (Lipinski definition) is 0. The first kappa shape index (κ1) is 8.95. The third-order valence-electron chi connectivity index (χ3n) is 2.62. The Morgan fingerprint density at radius 1 is 1.14 bits per heavy atom. The fourth-order valence-corrected chi connectivity index (χ4v) is 1.75. The molecule has 70 valence electrons. The van der Waals surface area contributed by atoms with Gasteiger partial charge in [-0.1, -0.05) is 54.6 Å². The van der Waals surface area contributed by atoms with Gasteiger partial charge in [0, 0.05) is 0 Å². The summed E-state index contributed by atoms with van der Waals surface area (Å²) >= 11 is 0. The van der Waals surface area contributed by atoms with Gasteiger partial charge in [0.15, 0.2) is 0 Å². The van der Waals surface area contributed by atoms with Crippen LogP contribution in [-0.4, -0.2) is 6.29 Å². The molecule has 14 heavy (non-hydrogen) atoms. The van der Waals surface area contributed by atoms with E-state index in [4.69, 9.17) is 0 Å². The molecule has 1 aliphatic carbocycles. The minimum Gasteiger partial charge on any atom is -0.302 e. The molecule has 1 aromatic rings. The molecule has 0 radical (unpaired) electrons. The van der Waals surface area contributed by atoms with Crippen LogP contribution >= 0.6 is 0 Å². The van der Waals surface area contributed by atoms with E-state index in [1.807, 2.05) is 54.6 Å². The molecule has 2 rings (SSSR count). The Bertz CT molecular complexity index is 375. The Morgan fingerprint density at radius 3 is 2.50 bits per heavy atom. The van der Waals surface area contributed by atoms with Crippen molar-refractivity contribution in [3.63, 3.8) is 0 Å². The maximum absolute atomic E-state index is 11.2. The van der Waals surface area contributed by atoms with Gasteiger partial charge in [-0.25, -0.2) is 0 Å². The summed E-state index contributed by atoms with van der Waals surface area (Å²) in [5, 5.41) is 0. The molecular weight excluding hydrogens is 172 g/mol. The molecule has 0 fully saturated rings. The summed E-state index contributed by atoms with van der Waals surface area (Å²) in [5.41, 5.74) is 0.631. The SMILES string of the molecule is O=CC1(c2ccccc2)C=CC=CC1. The fourth-order valence-electron chi connectivity index (χ4n) is 1.75. The van der Waals surface area contributed by atoms with Crippen molar-refractivity contribution in [1.29, 1.82) is 0 Å². The highest BCUT2D eigenvalue weighted by Crippen LogP contribution is 2.30. The second kappa shape index (κ2) is 3.62. The maximum atomic E-state index is 11.2. The topological polar surface area (TPSA) is 17.1 Å². The standard InChI is InChI=1S/C13H12O/c14-11-13(9-5-2-6-10-13)12-7-3-1-4-8-12/h1-9,11H,10H2. The highest BCUT2D eigenvalue weighted by atomic mass is 16.1. The molecule has 1 unspecified atom stereocenters. The maximum Gasteiger partial charge on any atom is 0.134 e. The van der Waals surface area contributed by atoms with Crippen molar-refractivity contribution in [3.05, 3.63) is 60.2 Å². The largest absolute Gasteiger partial charge is 0.302 e. The Morgan fingerprint density at radius 2 is 1.93 bits per heavy atom. The molecule has 0 aromatic heterocycles. The third kappa shape index (κ3) is 1.41. The molecule has 0 saturated carbocycles. The van der Waals surface area contributed by atoms with E-state index >= 15 is 0 Å². The van der Waals surface area contributed by atoms with E-state index < -0.39 is 5.41 Å². The summed E-state index contributed by atoms with van der Waals surface area (Å²) in [6.07, 6.45) is 9.70. The van der Waals surface area contributed by atoms with E-state index in [9.17, 15) is 4.79 Å². The zero-order valence-corrected chi connectivity index (χ0v) is 7.89. The Labute approximate surface area is 83.8 Å². The summed E-state index contributed by atoms with van der Waals surface area (Å²) < 4.78 is 0. The molecule has 1 aromatic carbocycles. The molecule has 1 aliphatic rings. The second-order valence-corrected chi connectivity index (χ2v) is 3.52. The van der Waals surface area contributed by atoms with Crippen molar-refractivity contribution in [1.82, 2.24) is 0 Å². The van der Waals surface area contributed by atoms with Gasteiger partial charge in [-0.05, 0) is 12.0 Å². The number of hydrogen-bond acceptors (Lipinski definition) is 1. The van der Waals surface area contributed by atoms with Crippen LogP contribution in [0.15, 0.2) is 54.6 Å². The fraction of sp³-hybridized carbons (Fsp3) is 0.154. The molecule has 0 saturated heterocycles. The van der Waals surface area contributed by atoms with Gasteiger partial charge in [0.2, 0.25) is 0 Å². The van der Waals surface area contributed by atoms with E-state index in [2.05, 4.69) is 0 Å². The van der Waals surface area contributed by atoms with Gasteiger partial charge in [-0.15, -0.1) is 0 Å². The molecule has 0 N–H and O–H groups in total. The predicted molar refractivity (Wildman–Crippen MR) is 57.1 cm³/mol.